The van der Waals surface area contributed by atoms with Gasteiger partial charge < -0.3 is 9.88 Å². The molecule has 0 bridgehead atoms. The van der Waals surface area contributed by atoms with E-state index in [9.17, 15) is 14.0 Å². The van der Waals surface area contributed by atoms with Gasteiger partial charge in [0.15, 0.2) is 0 Å². The van der Waals surface area contributed by atoms with Gasteiger partial charge in [-0.05, 0) is 23.8 Å². The van der Waals surface area contributed by atoms with Crippen LogP contribution in [-0.4, -0.2) is 10.5 Å². The van der Waals surface area contributed by atoms with E-state index in [0.29, 0.717) is 22.4 Å². The number of aromatic nitrogens is 1. The predicted molar refractivity (Wildman–Crippen MR) is 109 cm³/mol. The summed E-state index contributed by atoms with van der Waals surface area (Å²) in [6.07, 6.45) is 1.75. The van der Waals surface area contributed by atoms with Crippen molar-refractivity contribution in [3.8, 4) is 0 Å². The molecule has 1 N–H and O–H groups in total. The third-order valence-electron chi connectivity index (χ3n) is 4.47. The summed E-state index contributed by atoms with van der Waals surface area (Å²) >= 11 is 1.25. The number of hydrogen-bond acceptors (Lipinski definition) is 3. The van der Waals surface area contributed by atoms with Crippen LogP contribution in [-0.2, 0) is 13.1 Å². The highest BCUT2D eigenvalue weighted by molar-refractivity contribution is 7.20. The maximum atomic E-state index is 13.7. The van der Waals surface area contributed by atoms with Gasteiger partial charge in [0.1, 0.15) is 5.82 Å². The number of rotatable bonds is 5. The largest absolute Gasteiger partial charge is 0.347 e. The van der Waals surface area contributed by atoms with Crippen molar-refractivity contribution in [3.05, 3.63) is 105 Å². The third-order valence-corrected chi connectivity index (χ3v) is 5.57. The number of pyridine rings is 1. The van der Waals surface area contributed by atoms with E-state index in [0.717, 1.165) is 10.3 Å². The van der Waals surface area contributed by atoms with E-state index in [4.69, 9.17) is 0 Å². The standard InChI is InChI=1S/C22H17FN2O2S/c23-18-9-5-4-8-16(18)13-24-21(26)20-12-17-19(28-20)10-11-25(22(17)27)14-15-6-2-1-3-7-15/h1-12H,13-14H2,(H,24,26). The van der Waals surface area contributed by atoms with Crippen LogP contribution in [0.25, 0.3) is 10.1 Å². The Labute approximate surface area is 164 Å². The van der Waals surface area contributed by atoms with E-state index >= 15 is 0 Å². The Morgan fingerprint density at radius 3 is 2.57 bits per heavy atom. The van der Waals surface area contributed by atoms with Crippen LogP contribution in [0.2, 0.25) is 0 Å². The molecule has 2 aromatic carbocycles. The number of halogens is 1. The molecule has 4 aromatic rings. The second-order valence-corrected chi connectivity index (χ2v) is 7.48. The van der Waals surface area contributed by atoms with Gasteiger partial charge in [-0.25, -0.2) is 4.39 Å². The Morgan fingerprint density at radius 1 is 1.04 bits per heavy atom. The van der Waals surface area contributed by atoms with Crippen LogP contribution in [0.15, 0.2) is 77.7 Å². The lowest BCUT2D eigenvalue weighted by atomic mass is 10.2. The van der Waals surface area contributed by atoms with Crippen molar-refractivity contribution in [1.29, 1.82) is 0 Å². The first kappa shape index (κ1) is 18.1. The highest BCUT2D eigenvalue weighted by atomic mass is 32.1. The molecular formula is C22H17FN2O2S. The number of nitrogens with zero attached hydrogens (tertiary/aromatic N) is 1. The van der Waals surface area contributed by atoms with Crippen molar-refractivity contribution >= 4 is 27.3 Å². The smallest absolute Gasteiger partial charge is 0.261 e. The highest BCUT2D eigenvalue weighted by Gasteiger charge is 2.14. The monoisotopic (exact) mass is 392 g/mol. The molecule has 0 aliphatic rings. The molecule has 0 saturated heterocycles. The number of carbonyl (C=O) groups excluding carboxylic acids is 1. The lowest BCUT2D eigenvalue weighted by molar-refractivity contribution is 0.0954. The molecule has 0 aliphatic carbocycles. The lowest BCUT2D eigenvalue weighted by Gasteiger charge is -2.05. The van der Waals surface area contributed by atoms with E-state index in [1.54, 1.807) is 35.0 Å². The van der Waals surface area contributed by atoms with Crippen LogP contribution in [0.5, 0.6) is 0 Å². The molecule has 0 spiro atoms. The van der Waals surface area contributed by atoms with Crippen LogP contribution in [0.3, 0.4) is 0 Å². The molecule has 140 valence electrons. The van der Waals surface area contributed by atoms with E-state index in [2.05, 4.69) is 5.32 Å². The van der Waals surface area contributed by atoms with Gasteiger partial charge in [0, 0.05) is 23.0 Å². The first-order valence-electron chi connectivity index (χ1n) is 8.80. The van der Waals surface area contributed by atoms with Crippen LogP contribution in [0.4, 0.5) is 4.39 Å². The van der Waals surface area contributed by atoms with Gasteiger partial charge in [-0.2, -0.15) is 0 Å². The van der Waals surface area contributed by atoms with Crippen LogP contribution in [0.1, 0.15) is 20.8 Å². The number of amides is 1. The summed E-state index contributed by atoms with van der Waals surface area (Å²) in [7, 11) is 0. The second kappa shape index (κ2) is 7.78. The summed E-state index contributed by atoms with van der Waals surface area (Å²) in [4.78, 5) is 25.7. The fourth-order valence-electron chi connectivity index (χ4n) is 3.00. The third kappa shape index (κ3) is 3.73. The van der Waals surface area contributed by atoms with Crippen LogP contribution >= 0.6 is 11.3 Å². The molecule has 4 rings (SSSR count). The van der Waals surface area contributed by atoms with Crippen LogP contribution < -0.4 is 10.9 Å². The van der Waals surface area contributed by atoms with Gasteiger partial charge >= 0.3 is 0 Å². The quantitative estimate of drug-likeness (QED) is 0.554. The first-order chi connectivity index (χ1) is 13.6. The molecular weight excluding hydrogens is 375 g/mol. The topological polar surface area (TPSA) is 51.1 Å². The zero-order valence-electron chi connectivity index (χ0n) is 14.9. The average molecular weight is 392 g/mol. The number of nitrogens with one attached hydrogen (secondary N) is 1. The van der Waals surface area contributed by atoms with Crippen molar-refractivity contribution in [1.82, 2.24) is 9.88 Å². The molecule has 2 heterocycles. The maximum Gasteiger partial charge on any atom is 0.261 e. The van der Waals surface area contributed by atoms with Crippen molar-refractivity contribution in [2.24, 2.45) is 0 Å². The fourth-order valence-corrected chi connectivity index (χ4v) is 3.96. The minimum absolute atomic E-state index is 0.0952. The Bertz CT molecular complexity index is 1200. The number of fused-ring (bicyclic) bond motifs is 1. The molecule has 6 heteroatoms. The maximum absolute atomic E-state index is 13.7. The number of benzene rings is 2. The lowest BCUT2D eigenvalue weighted by Crippen LogP contribution is -2.22. The second-order valence-electron chi connectivity index (χ2n) is 6.40. The van der Waals surface area contributed by atoms with E-state index < -0.39 is 0 Å². The molecule has 2 aromatic heterocycles. The average Bonchev–Trinajstić information content (AvgIpc) is 3.15. The summed E-state index contributed by atoms with van der Waals surface area (Å²) in [5.74, 6) is -0.679. The van der Waals surface area contributed by atoms with E-state index in [1.807, 2.05) is 36.4 Å². The van der Waals surface area contributed by atoms with Gasteiger partial charge in [0.25, 0.3) is 11.5 Å². The minimum atomic E-state index is -0.358. The van der Waals surface area contributed by atoms with Gasteiger partial charge in [0.2, 0.25) is 0 Å². The van der Waals surface area contributed by atoms with E-state index in [-0.39, 0.29) is 23.8 Å². The summed E-state index contributed by atoms with van der Waals surface area (Å²) in [6.45, 7) is 0.568. The predicted octanol–water partition coefficient (Wildman–Crippen LogP) is 4.18. The zero-order valence-corrected chi connectivity index (χ0v) is 15.7. The molecule has 0 saturated carbocycles. The number of carbonyl (C=O) groups is 1. The summed E-state index contributed by atoms with van der Waals surface area (Å²) in [5, 5.41) is 3.23. The SMILES string of the molecule is O=C(NCc1ccccc1F)c1cc2c(=O)n(Cc3ccccc3)ccc2s1. The van der Waals surface area contributed by atoms with Crippen molar-refractivity contribution < 1.29 is 9.18 Å². The van der Waals surface area contributed by atoms with Crippen molar-refractivity contribution in [3.63, 3.8) is 0 Å². The zero-order chi connectivity index (χ0) is 19.5. The summed E-state index contributed by atoms with van der Waals surface area (Å²) in [6, 6.07) is 19.5. The van der Waals surface area contributed by atoms with Gasteiger partial charge in [-0.15, -0.1) is 11.3 Å². The highest BCUT2D eigenvalue weighted by Crippen LogP contribution is 2.23. The fraction of sp³-hybridized carbons (Fsp3) is 0.0909. The van der Waals surface area contributed by atoms with E-state index in [1.165, 1.54) is 17.4 Å². The number of thiophene rings is 1. The van der Waals surface area contributed by atoms with Crippen LogP contribution in [0, 0.1) is 5.82 Å². The molecule has 0 unspecified atom stereocenters. The molecule has 4 nitrogen and oxygen atoms in total. The molecule has 0 fully saturated rings. The summed E-state index contributed by atoms with van der Waals surface area (Å²) < 4.78 is 16.1. The molecule has 28 heavy (non-hydrogen) atoms. The Hall–Kier alpha value is -3.25. The normalized spacial score (nSPS) is 10.9. The molecule has 0 atom stereocenters. The Kier molecular flexibility index (Phi) is 5.04. The van der Waals surface area contributed by atoms with Gasteiger partial charge in [0.05, 0.1) is 16.8 Å². The summed E-state index contributed by atoms with van der Waals surface area (Å²) in [5.41, 5.74) is 1.31. The minimum Gasteiger partial charge on any atom is -0.347 e. The van der Waals surface area contributed by atoms with Crippen molar-refractivity contribution in [2.75, 3.05) is 0 Å². The first-order valence-corrected chi connectivity index (χ1v) is 9.62. The molecule has 0 aliphatic heterocycles. The van der Waals surface area contributed by atoms with Gasteiger partial charge in [-0.3, -0.25) is 9.59 Å². The molecule has 1 amide bonds. The molecule has 0 radical (unpaired) electrons. The number of hydrogen-bond donors (Lipinski definition) is 1. The Morgan fingerprint density at radius 2 is 1.79 bits per heavy atom. The van der Waals surface area contributed by atoms with Crippen molar-refractivity contribution in [2.45, 2.75) is 13.1 Å². The Balaban J connectivity index is 1.56. The van der Waals surface area contributed by atoms with Gasteiger partial charge in [-0.1, -0.05) is 48.5 Å².